The van der Waals surface area contributed by atoms with Crippen LogP contribution >= 0.6 is 0 Å². The van der Waals surface area contributed by atoms with Crippen LogP contribution in [0.15, 0.2) is 66.9 Å². The largest absolute Gasteiger partial charge is 0.348 e. The minimum Gasteiger partial charge on any atom is -0.348 e. The van der Waals surface area contributed by atoms with Gasteiger partial charge in [-0.25, -0.2) is 4.39 Å². The predicted molar refractivity (Wildman–Crippen MR) is 122 cm³/mol. The number of carbonyl (C=O) groups excluding carboxylic acids is 2. The van der Waals surface area contributed by atoms with Crippen molar-refractivity contribution in [3.8, 4) is 0 Å². The molecule has 1 aliphatic heterocycles. The van der Waals surface area contributed by atoms with Gasteiger partial charge in [-0.3, -0.25) is 9.59 Å². The molecule has 2 amide bonds. The van der Waals surface area contributed by atoms with Gasteiger partial charge in [0, 0.05) is 36.6 Å². The minimum absolute atomic E-state index is 0.0309. The number of hydrogen-bond donors (Lipinski definition) is 0. The molecule has 6 heteroatoms. The van der Waals surface area contributed by atoms with Crippen LogP contribution in [0.1, 0.15) is 47.1 Å². The van der Waals surface area contributed by atoms with E-state index in [1.807, 2.05) is 57.3 Å². The molecule has 1 aromatic heterocycles. The Balaban J connectivity index is 1.62. The molecule has 0 radical (unpaired) electrons. The normalized spacial score (nSPS) is 15.5. The number of benzene rings is 2. The van der Waals surface area contributed by atoms with Crippen molar-refractivity contribution in [1.29, 1.82) is 0 Å². The van der Waals surface area contributed by atoms with Crippen molar-refractivity contribution in [3.63, 3.8) is 0 Å². The van der Waals surface area contributed by atoms with Crippen LogP contribution in [0, 0.1) is 12.7 Å². The fourth-order valence-corrected chi connectivity index (χ4v) is 4.27. The monoisotopic (exact) mass is 433 g/mol. The average Bonchev–Trinajstić information content (AvgIpc) is 3.25. The zero-order chi connectivity index (χ0) is 22.8. The van der Waals surface area contributed by atoms with Crippen LogP contribution in [0.2, 0.25) is 0 Å². The van der Waals surface area contributed by atoms with Crippen molar-refractivity contribution in [2.75, 3.05) is 13.1 Å². The maximum atomic E-state index is 14.0. The fraction of sp³-hybridized carbons (Fsp3) is 0.308. The molecule has 2 heterocycles. The Morgan fingerprint density at radius 2 is 1.81 bits per heavy atom. The highest BCUT2D eigenvalue weighted by molar-refractivity contribution is 5.96. The summed E-state index contributed by atoms with van der Waals surface area (Å²) < 4.78 is 16.1. The molecule has 1 unspecified atom stereocenters. The molecule has 2 aromatic carbocycles. The second-order valence-electron chi connectivity index (χ2n) is 8.56. The molecule has 3 aromatic rings. The van der Waals surface area contributed by atoms with E-state index in [1.165, 1.54) is 12.1 Å². The number of fused-ring (bicyclic) bond motifs is 1. The first kappa shape index (κ1) is 21.8. The third-order valence-corrected chi connectivity index (χ3v) is 6.01. The van der Waals surface area contributed by atoms with Gasteiger partial charge in [-0.1, -0.05) is 29.8 Å². The van der Waals surface area contributed by atoms with Crippen molar-refractivity contribution in [3.05, 3.63) is 95.1 Å². The topological polar surface area (TPSA) is 45.6 Å². The maximum Gasteiger partial charge on any atom is 0.254 e. The SMILES string of the molecule is Cc1ccc(C(=O)N(CC(=O)N2CCn3cccc3C2c2cccc(F)c2)C(C)C)cc1. The van der Waals surface area contributed by atoms with Crippen LogP contribution in [0.5, 0.6) is 0 Å². The quantitative estimate of drug-likeness (QED) is 0.598. The van der Waals surface area contributed by atoms with Gasteiger partial charge in [0.1, 0.15) is 12.4 Å². The summed E-state index contributed by atoms with van der Waals surface area (Å²) in [6.45, 7) is 6.91. The highest BCUT2D eigenvalue weighted by Gasteiger charge is 2.34. The van der Waals surface area contributed by atoms with E-state index >= 15 is 0 Å². The Morgan fingerprint density at radius 3 is 2.50 bits per heavy atom. The van der Waals surface area contributed by atoms with E-state index in [1.54, 1.807) is 28.0 Å². The fourth-order valence-electron chi connectivity index (χ4n) is 4.27. The summed E-state index contributed by atoms with van der Waals surface area (Å²) in [7, 11) is 0. The molecular weight excluding hydrogens is 405 g/mol. The molecule has 0 saturated carbocycles. The number of halogens is 1. The number of amides is 2. The Hall–Kier alpha value is -3.41. The zero-order valence-corrected chi connectivity index (χ0v) is 18.7. The van der Waals surface area contributed by atoms with E-state index in [-0.39, 0.29) is 30.2 Å². The Kier molecular flexibility index (Phi) is 6.12. The maximum absolute atomic E-state index is 14.0. The standard InChI is InChI=1S/C26H28FN3O2/c1-18(2)30(26(32)20-11-9-19(3)10-12-20)17-24(31)29-15-14-28-13-5-8-23(28)25(29)21-6-4-7-22(27)16-21/h4-13,16,18,25H,14-15,17H2,1-3H3. The molecule has 0 aliphatic carbocycles. The molecule has 0 bridgehead atoms. The molecule has 5 nitrogen and oxygen atoms in total. The lowest BCUT2D eigenvalue weighted by Crippen LogP contribution is -2.49. The number of hydrogen-bond acceptors (Lipinski definition) is 2. The molecule has 1 aliphatic rings. The van der Waals surface area contributed by atoms with E-state index in [4.69, 9.17) is 0 Å². The smallest absolute Gasteiger partial charge is 0.254 e. The number of aromatic nitrogens is 1. The van der Waals surface area contributed by atoms with Gasteiger partial charge >= 0.3 is 0 Å². The number of rotatable bonds is 5. The van der Waals surface area contributed by atoms with Crippen molar-refractivity contribution in [2.24, 2.45) is 0 Å². The lowest BCUT2D eigenvalue weighted by atomic mass is 9.99. The lowest BCUT2D eigenvalue weighted by Gasteiger charge is -2.39. The van der Waals surface area contributed by atoms with E-state index in [0.29, 0.717) is 18.7 Å². The Bertz CT molecular complexity index is 1120. The third kappa shape index (κ3) is 4.31. The first-order chi connectivity index (χ1) is 15.3. The van der Waals surface area contributed by atoms with E-state index in [9.17, 15) is 14.0 Å². The predicted octanol–water partition coefficient (Wildman–Crippen LogP) is 4.42. The highest BCUT2D eigenvalue weighted by Crippen LogP contribution is 2.33. The van der Waals surface area contributed by atoms with E-state index in [2.05, 4.69) is 4.57 Å². The summed E-state index contributed by atoms with van der Waals surface area (Å²) in [5.74, 6) is -0.658. The molecule has 0 spiro atoms. The van der Waals surface area contributed by atoms with Crippen molar-refractivity contribution < 1.29 is 14.0 Å². The van der Waals surface area contributed by atoms with Crippen LogP contribution in [0.25, 0.3) is 0 Å². The second-order valence-corrected chi connectivity index (χ2v) is 8.56. The second kappa shape index (κ2) is 8.99. The highest BCUT2D eigenvalue weighted by atomic mass is 19.1. The Morgan fingerprint density at radius 1 is 1.06 bits per heavy atom. The molecule has 0 N–H and O–H groups in total. The first-order valence-electron chi connectivity index (χ1n) is 10.9. The summed E-state index contributed by atoms with van der Waals surface area (Å²) in [6, 6.07) is 17.1. The molecule has 1 atom stereocenters. The first-order valence-corrected chi connectivity index (χ1v) is 10.9. The minimum atomic E-state index is -0.398. The van der Waals surface area contributed by atoms with Crippen LogP contribution in [-0.4, -0.2) is 45.3 Å². The van der Waals surface area contributed by atoms with Gasteiger partial charge in [0.2, 0.25) is 5.91 Å². The van der Waals surface area contributed by atoms with Gasteiger partial charge in [-0.2, -0.15) is 0 Å². The zero-order valence-electron chi connectivity index (χ0n) is 18.7. The summed E-state index contributed by atoms with van der Waals surface area (Å²) in [5.41, 5.74) is 3.30. The number of aryl methyl sites for hydroxylation is 1. The number of carbonyl (C=O) groups is 2. The Labute approximate surface area is 188 Å². The molecule has 4 rings (SSSR count). The van der Waals surface area contributed by atoms with Gasteiger partial charge in [0.15, 0.2) is 0 Å². The third-order valence-electron chi connectivity index (χ3n) is 6.01. The average molecular weight is 434 g/mol. The summed E-state index contributed by atoms with van der Waals surface area (Å²) in [4.78, 5) is 30.1. The molecular formula is C26H28FN3O2. The van der Waals surface area contributed by atoms with Gasteiger partial charge in [0.05, 0.1) is 6.04 Å². The van der Waals surface area contributed by atoms with Gasteiger partial charge in [-0.05, 0) is 62.7 Å². The lowest BCUT2D eigenvalue weighted by molar-refractivity contribution is -0.135. The summed E-state index contributed by atoms with van der Waals surface area (Å²) in [6.07, 6.45) is 1.98. The van der Waals surface area contributed by atoms with Gasteiger partial charge in [0.25, 0.3) is 5.91 Å². The van der Waals surface area contributed by atoms with Crippen LogP contribution in [0.3, 0.4) is 0 Å². The van der Waals surface area contributed by atoms with Gasteiger partial charge in [-0.15, -0.1) is 0 Å². The van der Waals surface area contributed by atoms with Crippen LogP contribution in [0.4, 0.5) is 4.39 Å². The van der Waals surface area contributed by atoms with Crippen molar-refractivity contribution in [2.45, 2.75) is 39.4 Å². The molecule has 32 heavy (non-hydrogen) atoms. The number of nitrogens with zero attached hydrogens (tertiary/aromatic N) is 3. The van der Waals surface area contributed by atoms with E-state index < -0.39 is 6.04 Å². The van der Waals surface area contributed by atoms with E-state index in [0.717, 1.165) is 16.8 Å². The van der Waals surface area contributed by atoms with Crippen LogP contribution < -0.4 is 0 Å². The van der Waals surface area contributed by atoms with Gasteiger partial charge < -0.3 is 14.4 Å². The summed E-state index contributed by atoms with van der Waals surface area (Å²) in [5, 5.41) is 0. The molecule has 0 saturated heterocycles. The molecule has 0 fully saturated rings. The van der Waals surface area contributed by atoms with Crippen molar-refractivity contribution in [1.82, 2.24) is 14.4 Å². The molecule has 166 valence electrons. The summed E-state index contributed by atoms with van der Waals surface area (Å²) >= 11 is 0. The van der Waals surface area contributed by atoms with Crippen molar-refractivity contribution >= 4 is 11.8 Å². The van der Waals surface area contributed by atoms with Crippen LogP contribution in [-0.2, 0) is 11.3 Å².